The van der Waals surface area contributed by atoms with Crippen LogP contribution in [0.4, 0.5) is 17.2 Å². The van der Waals surface area contributed by atoms with E-state index in [0.717, 1.165) is 30.6 Å². The molecular formula is C23H25N7O3. The summed E-state index contributed by atoms with van der Waals surface area (Å²) in [6, 6.07) is 6.92. The van der Waals surface area contributed by atoms with Crippen molar-refractivity contribution in [2.45, 2.75) is 25.9 Å². The zero-order chi connectivity index (χ0) is 25.4. The number of benzene rings is 1. The van der Waals surface area contributed by atoms with Gasteiger partial charge in [0.25, 0.3) is 5.91 Å². The molecule has 1 fully saturated rings. The molecule has 1 saturated carbocycles. The Morgan fingerprint density at radius 2 is 2.15 bits per heavy atom. The van der Waals surface area contributed by atoms with Gasteiger partial charge in [0.2, 0.25) is 5.91 Å². The van der Waals surface area contributed by atoms with Crippen LogP contribution < -0.4 is 26.0 Å². The van der Waals surface area contributed by atoms with Gasteiger partial charge in [-0.1, -0.05) is 6.07 Å². The Hall–Kier alpha value is -3.92. The average molecular weight is 451 g/mol. The largest absolute Gasteiger partial charge is 0.492 e. The smallest absolute Gasteiger partial charge is 0.254 e. The molecule has 0 spiro atoms. The fourth-order valence-corrected chi connectivity index (χ4v) is 3.79. The lowest BCUT2D eigenvalue weighted by Gasteiger charge is -2.17. The lowest BCUT2D eigenvalue weighted by atomic mass is 10.2. The zero-order valence-corrected chi connectivity index (χ0v) is 17.9. The summed E-state index contributed by atoms with van der Waals surface area (Å²) < 4.78 is 29.6. The van der Waals surface area contributed by atoms with Crippen LogP contribution in [0.1, 0.15) is 38.6 Å². The number of anilines is 3. The second-order valence-electron chi connectivity index (χ2n) is 7.96. The molecule has 2 aliphatic rings. The third-order valence-corrected chi connectivity index (χ3v) is 5.66. The fraction of sp³-hybridized carbons (Fsp3) is 0.304. The highest BCUT2D eigenvalue weighted by atomic mass is 16.5. The number of ether oxygens (including phenoxy) is 1. The van der Waals surface area contributed by atoms with Crippen molar-refractivity contribution in [1.82, 2.24) is 25.4 Å². The predicted molar refractivity (Wildman–Crippen MR) is 123 cm³/mol. The van der Waals surface area contributed by atoms with Crippen molar-refractivity contribution in [1.29, 1.82) is 0 Å². The first-order valence-corrected chi connectivity index (χ1v) is 10.6. The van der Waals surface area contributed by atoms with Crippen LogP contribution in [0.3, 0.4) is 0 Å². The van der Waals surface area contributed by atoms with Crippen molar-refractivity contribution >= 4 is 29.0 Å². The van der Waals surface area contributed by atoms with Crippen LogP contribution in [0.2, 0.25) is 0 Å². The number of carbonyl (C=O) groups is 2. The average Bonchev–Trinajstić information content (AvgIpc) is 3.45. The van der Waals surface area contributed by atoms with Gasteiger partial charge in [-0.2, -0.15) is 5.10 Å². The van der Waals surface area contributed by atoms with Gasteiger partial charge in [-0.15, -0.1) is 0 Å². The van der Waals surface area contributed by atoms with Crippen LogP contribution >= 0.6 is 0 Å². The minimum atomic E-state index is -2.68. The highest BCUT2D eigenvalue weighted by molar-refractivity contribution is 6.01. The Balaban J connectivity index is 1.51. The van der Waals surface area contributed by atoms with Gasteiger partial charge in [-0.25, -0.2) is 9.67 Å². The summed E-state index contributed by atoms with van der Waals surface area (Å²) in [7, 11) is 1.53. The third-order valence-electron chi connectivity index (χ3n) is 5.66. The van der Waals surface area contributed by atoms with Crippen molar-refractivity contribution in [3.63, 3.8) is 0 Å². The summed E-state index contributed by atoms with van der Waals surface area (Å²) in [6.07, 6.45) is 4.82. The molecule has 3 aromatic rings. The minimum absolute atomic E-state index is 0.00728. The lowest BCUT2D eigenvalue weighted by Crippen LogP contribution is -2.20. The van der Waals surface area contributed by atoms with Gasteiger partial charge in [-0.3, -0.25) is 9.59 Å². The van der Waals surface area contributed by atoms with Crippen LogP contribution in [-0.4, -0.2) is 40.7 Å². The minimum Gasteiger partial charge on any atom is -0.492 e. The second kappa shape index (κ2) is 8.55. The summed E-state index contributed by atoms with van der Waals surface area (Å²) in [6.45, 7) is -1.25. The summed E-state index contributed by atoms with van der Waals surface area (Å²) >= 11 is 0. The number of fused-ring (bicyclic) bond motifs is 1. The standard InChI is InChI=1S/C23H25N7O3/c1-24-23(32)15-10-26-20(28-22(31)13-6-7-13)8-17(15)27-16-4-3-5-19(21(16)33-2)30-12-14-9-25-11-18(14)29-30/h3-5,8,10,12-13,25H,6-7,9,11H2,1-2H3,(H,24,32)(H2,26,27,28,31)/i1D3. The van der Waals surface area contributed by atoms with Crippen LogP contribution in [0.5, 0.6) is 5.75 Å². The van der Waals surface area contributed by atoms with E-state index in [-0.39, 0.29) is 28.9 Å². The van der Waals surface area contributed by atoms with E-state index in [0.29, 0.717) is 23.7 Å². The van der Waals surface area contributed by atoms with E-state index >= 15 is 0 Å². The van der Waals surface area contributed by atoms with E-state index in [1.165, 1.54) is 19.4 Å². The van der Waals surface area contributed by atoms with Crippen LogP contribution in [0.25, 0.3) is 5.69 Å². The summed E-state index contributed by atoms with van der Waals surface area (Å²) in [5.41, 5.74) is 3.50. The Morgan fingerprint density at radius 3 is 2.91 bits per heavy atom. The number of carbonyl (C=O) groups excluding carboxylic acids is 2. The number of rotatable bonds is 7. The van der Waals surface area contributed by atoms with E-state index in [9.17, 15) is 9.59 Å². The maximum absolute atomic E-state index is 12.8. The number of pyridine rings is 1. The molecule has 3 heterocycles. The summed E-state index contributed by atoms with van der Waals surface area (Å²) in [4.78, 5) is 29.2. The van der Waals surface area contributed by atoms with Crippen LogP contribution in [-0.2, 0) is 17.9 Å². The van der Waals surface area contributed by atoms with Gasteiger partial charge < -0.3 is 26.0 Å². The van der Waals surface area contributed by atoms with Crippen LogP contribution in [0.15, 0.2) is 36.7 Å². The maximum atomic E-state index is 12.8. The highest BCUT2D eigenvalue weighted by Crippen LogP contribution is 2.36. The molecule has 4 N–H and O–H groups in total. The van der Waals surface area contributed by atoms with Crippen molar-refractivity contribution in [3.05, 3.63) is 53.5 Å². The maximum Gasteiger partial charge on any atom is 0.254 e. The van der Waals surface area contributed by atoms with Gasteiger partial charge in [0.1, 0.15) is 11.5 Å². The summed E-state index contributed by atoms with van der Waals surface area (Å²) in [5, 5.41) is 15.8. The molecule has 0 unspecified atom stereocenters. The molecule has 33 heavy (non-hydrogen) atoms. The van der Waals surface area contributed by atoms with E-state index < -0.39 is 12.9 Å². The normalized spacial score (nSPS) is 16.2. The Labute approximate surface area is 194 Å². The van der Waals surface area contributed by atoms with Gasteiger partial charge >= 0.3 is 0 Å². The molecule has 0 atom stereocenters. The van der Waals surface area contributed by atoms with E-state index in [2.05, 4.69) is 26.0 Å². The molecule has 2 aromatic heterocycles. The quantitative estimate of drug-likeness (QED) is 0.436. The molecule has 10 heteroatoms. The molecule has 170 valence electrons. The summed E-state index contributed by atoms with van der Waals surface area (Å²) in [5.74, 6) is -0.310. The van der Waals surface area contributed by atoms with Gasteiger partial charge in [0.15, 0.2) is 5.75 Å². The Kier molecular flexibility index (Phi) is 4.56. The molecule has 1 aliphatic carbocycles. The number of hydrogen-bond donors (Lipinski definition) is 4. The predicted octanol–water partition coefficient (Wildman–Crippen LogP) is 2.33. The van der Waals surface area contributed by atoms with Crippen molar-refractivity contribution < 1.29 is 18.4 Å². The molecule has 0 radical (unpaired) electrons. The number of aromatic nitrogens is 3. The molecule has 0 bridgehead atoms. The zero-order valence-electron chi connectivity index (χ0n) is 20.9. The number of nitrogens with one attached hydrogen (secondary N) is 4. The number of nitrogens with zero attached hydrogens (tertiary/aromatic N) is 3. The topological polar surface area (TPSA) is 122 Å². The Bertz CT molecular complexity index is 1310. The molecule has 2 amide bonds. The first kappa shape index (κ1) is 17.6. The Morgan fingerprint density at radius 1 is 1.27 bits per heavy atom. The fourth-order valence-electron chi connectivity index (χ4n) is 3.79. The third kappa shape index (κ3) is 4.12. The van der Waals surface area contributed by atoms with Gasteiger partial charge in [-0.05, 0) is 25.0 Å². The SMILES string of the molecule is [2H]C([2H])([2H])NC(=O)c1cnc(NC(=O)C2CC2)cc1Nc1cccc(-n2cc3c(n2)CNC3)c1OC. The highest BCUT2D eigenvalue weighted by Gasteiger charge is 2.30. The second-order valence-corrected chi connectivity index (χ2v) is 7.96. The molecule has 10 nitrogen and oxygen atoms in total. The van der Waals surface area contributed by atoms with Crippen molar-refractivity contribution in [2.24, 2.45) is 5.92 Å². The van der Waals surface area contributed by atoms with E-state index in [1.807, 2.05) is 23.6 Å². The molecule has 5 rings (SSSR count). The number of hydrogen-bond acceptors (Lipinski definition) is 7. The van der Waals surface area contributed by atoms with Crippen molar-refractivity contribution in [2.75, 3.05) is 24.7 Å². The first-order chi connectivity index (χ1) is 17.2. The number of para-hydroxylation sites is 1. The monoisotopic (exact) mass is 450 g/mol. The molecular weight excluding hydrogens is 422 g/mol. The molecule has 1 aliphatic heterocycles. The first-order valence-electron chi connectivity index (χ1n) is 12.1. The number of methoxy groups -OCH3 is 1. The van der Waals surface area contributed by atoms with Crippen LogP contribution in [0, 0.1) is 5.92 Å². The van der Waals surface area contributed by atoms with E-state index in [4.69, 9.17) is 8.85 Å². The van der Waals surface area contributed by atoms with Gasteiger partial charge in [0.05, 0.1) is 29.7 Å². The number of amides is 2. The van der Waals surface area contributed by atoms with E-state index in [1.54, 1.807) is 10.7 Å². The molecule has 0 saturated heterocycles. The van der Waals surface area contributed by atoms with Crippen molar-refractivity contribution in [3.8, 4) is 11.4 Å². The lowest BCUT2D eigenvalue weighted by molar-refractivity contribution is -0.117. The van der Waals surface area contributed by atoms with Gasteiger partial charge in [0, 0.05) is 54.1 Å². The molecule has 1 aromatic carbocycles.